The van der Waals surface area contributed by atoms with Gasteiger partial charge in [-0.25, -0.2) is 0 Å². The highest BCUT2D eigenvalue weighted by atomic mass is 16.5. The lowest BCUT2D eigenvalue weighted by Gasteiger charge is -2.28. The van der Waals surface area contributed by atoms with Crippen LogP contribution in [0, 0.1) is 5.92 Å². The third-order valence-electron chi connectivity index (χ3n) is 4.12. The highest BCUT2D eigenvalue weighted by molar-refractivity contribution is 4.81. The van der Waals surface area contributed by atoms with E-state index in [1.807, 2.05) is 0 Å². The topological polar surface area (TPSA) is 41.5 Å². The normalized spacial score (nSPS) is 16.1. The maximum atomic E-state index is 9.41. The second-order valence-electron chi connectivity index (χ2n) is 6.20. The van der Waals surface area contributed by atoms with E-state index in [-0.39, 0.29) is 12.1 Å². The maximum absolute atomic E-state index is 9.41. The molecule has 0 saturated heterocycles. The van der Waals surface area contributed by atoms with Crippen molar-refractivity contribution in [3.8, 4) is 0 Å². The zero-order valence-corrected chi connectivity index (χ0v) is 14.2. The van der Waals surface area contributed by atoms with E-state index in [4.69, 9.17) is 4.74 Å². The first-order chi connectivity index (χ1) is 9.61. The Kier molecular flexibility index (Phi) is 12.5. The standard InChI is InChI=1S/C17H37NO2/c1-5-8-11-16(6-2)14-20-13-10-9-12-17(4,15-19)18-7-3/h16,18-19H,5-15H2,1-4H3. The van der Waals surface area contributed by atoms with E-state index < -0.39 is 0 Å². The summed E-state index contributed by atoms with van der Waals surface area (Å²) in [4.78, 5) is 0. The van der Waals surface area contributed by atoms with Crippen LogP contribution in [0.3, 0.4) is 0 Å². The van der Waals surface area contributed by atoms with Gasteiger partial charge >= 0.3 is 0 Å². The number of hydrogen-bond donors (Lipinski definition) is 2. The van der Waals surface area contributed by atoms with Crippen molar-refractivity contribution in [2.45, 2.75) is 78.2 Å². The lowest BCUT2D eigenvalue weighted by molar-refractivity contribution is 0.0876. The number of hydrogen-bond acceptors (Lipinski definition) is 3. The molecule has 0 aliphatic carbocycles. The predicted octanol–water partition coefficient (Wildman–Crippen LogP) is 3.75. The second kappa shape index (κ2) is 12.6. The van der Waals surface area contributed by atoms with Gasteiger partial charge in [-0.2, -0.15) is 0 Å². The lowest BCUT2D eigenvalue weighted by Crippen LogP contribution is -2.45. The molecule has 2 unspecified atom stereocenters. The molecule has 2 N–H and O–H groups in total. The molecular formula is C17H37NO2. The van der Waals surface area contributed by atoms with Gasteiger partial charge in [-0.3, -0.25) is 0 Å². The molecule has 122 valence electrons. The zero-order valence-electron chi connectivity index (χ0n) is 14.2. The van der Waals surface area contributed by atoms with Gasteiger partial charge < -0.3 is 15.2 Å². The summed E-state index contributed by atoms with van der Waals surface area (Å²) in [6.45, 7) is 11.6. The number of unbranched alkanes of at least 4 members (excludes halogenated alkanes) is 2. The SMILES string of the molecule is CCCCC(CC)COCCCCC(C)(CO)NCC. The van der Waals surface area contributed by atoms with Crippen molar-refractivity contribution in [1.82, 2.24) is 5.32 Å². The zero-order chi connectivity index (χ0) is 15.3. The third-order valence-corrected chi connectivity index (χ3v) is 4.12. The third kappa shape index (κ3) is 9.73. The second-order valence-corrected chi connectivity index (χ2v) is 6.20. The Morgan fingerprint density at radius 1 is 1.15 bits per heavy atom. The first-order valence-corrected chi connectivity index (χ1v) is 8.55. The Bertz CT molecular complexity index is 211. The van der Waals surface area contributed by atoms with Crippen molar-refractivity contribution < 1.29 is 9.84 Å². The van der Waals surface area contributed by atoms with Gasteiger partial charge in [-0.1, -0.05) is 40.0 Å². The number of aliphatic hydroxyl groups excluding tert-OH is 1. The lowest BCUT2D eigenvalue weighted by atomic mass is 9.96. The quantitative estimate of drug-likeness (QED) is 0.478. The Balaban J connectivity index is 3.60. The van der Waals surface area contributed by atoms with Gasteiger partial charge in [0.15, 0.2) is 0 Å². The molecule has 0 amide bonds. The molecule has 0 rings (SSSR count). The van der Waals surface area contributed by atoms with Crippen LogP contribution in [0.5, 0.6) is 0 Å². The first kappa shape index (κ1) is 19.9. The monoisotopic (exact) mass is 287 g/mol. The highest BCUT2D eigenvalue weighted by Gasteiger charge is 2.20. The molecule has 0 heterocycles. The number of ether oxygens (including phenoxy) is 1. The van der Waals surface area contributed by atoms with E-state index in [9.17, 15) is 5.11 Å². The van der Waals surface area contributed by atoms with E-state index in [2.05, 4.69) is 33.0 Å². The van der Waals surface area contributed by atoms with Gasteiger partial charge in [-0.05, 0) is 45.1 Å². The minimum absolute atomic E-state index is 0.123. The highest BCUT2D eigenvalue weighted by Crippen LogP contribution is 2.15. The number of nitrogens with one attached hydrogen (secondary N) is 1. The van der Waals surface area contributed by atoms with Crippen molar-refractivity contribution in [1.29, 1.82) is 0 Å². The minimum atomic E-state index is -0.123. The van der Waals surface area contributed by atoms with Gasteiger partial charge in [0.2, 0.25) is 0 Å². The first-order valence-electron chi connectivity index (χ1n) is 8.55. The van der Waals surface area contributed by atoms with E-state index in [0.29, 0.717) is 0 Å². The fourth-order valence-corrected chi connectivity index (χ4v) is 2.52. The summed E-state index contributed by atoms with van der Waals surface area (Å²) < 4.78 is 5.81. The van der Waals surface area contributed by atoms with Crippen LogP contribution in [0.25, 0.3) is 0 Å². The molecule has 0 aromatic carbocycles. The van der Waals surface area contributed by atoms with Crippen LogP contribution in [0.4, 0.5) is 0 Å². The smallest absolute Gasteiger partial charge is 0.0610 e. The summed E-state index contributed by atoms with van der Waals surface area (Å²) in [6, 6.07) is 0. The van der Waals surface area contributed by atoms with Gasteiger partial charge in [0.25, 0.3) is 0 Å². The van der Waals surface area contributed by atoms with Gasteiger partial charge in [0, 0.05) is 18.8 Å². The van der Waals surface area contributed by atoms with E-state index >= 15 is 0 Å². The molecule has 3 nitrogen and oxygen atoms in total. The fourth-order valence-electron chi connectivity index (χ4n) is 2.52. The van der Waals surface area contributed by atoms with Crippen molar-refractivity contribution in [2.24, 2.45) is 5.92 Å². The molecule has 20 heavy (non-hydrogen) atoms. The Morgan fingerprint density at radius 3 is 2.45 bits per heavy atom. The fraction of sp³-hybridized carbons (Fsp3) is 1.00. The molecule has 0 aliphatic rings. The van der Waals surface area contributed by atoms with Crippen LogP contribution in [0.2, 0.25) is 0 Å². The molecule has 0 bridgehead atoms. The summed E-state index contributed by atoms with van der Waals surface area (Å²) in [5.74, 6) is 0.736. The molecule has 0 saturated carbocycles. The molecule has 0 aliphatic heterocycles. The van der Waals surface area contributed by atoms with Crippen molar-refractivity contribution >= 4 is 0 Å². The summed E-state index contributed by atoms with van der Waals surface area (Å²) >= 11 is 0. The van der Waals surface area contributed by atoms with E-state index in [1.165, 1.54) is 25.7 Å². The molecule has 3 heteroatoms. The van der Waals surface area contributed by atoms with E-state index in [0.717, 1.165) is 44.9 Å². The Morgan fingerprint density at radius 2 is 1.90 bits per heavy atom. The largest absolute Gasteiger partial charge is 0.394 e. The van der Waals surface area contributed by atoms with Crippen LogP contribution < -0.4 is 5.32 Å². The number of likely N-dealkylation sites (N-methyl/N-ethyl adjacent to an activating group) is 1. The summed E-state index contributed by atoms with van der Waals surface area (Å²) in [6.07, 6.45) is 8.33. The Hall–Kier alpha value is -0.120. The average Bonchev–Trinajstić information content (AvgIpc) is 2.46. The molecule has 0 radical (unpaired) electrons. The van der Waals surface area contributed by atoms with Crippen LogP contribution in [0.1, 0.15) is 72.6 Å². The summed E-state index contributed by atoms with van der Waals surface area (Å²) in [7, 11) is 0. The molecule has 0 aromatic rings. The van der Waals surface area contributed by atoms with Gasteiger partial charge in [-0.15, -0.1) is 0 Å². The van der Waals surface area contributed by atoms with Gasteiger partial charge in [0.1, 0.15) is 0 Å². The average molecular weight is 287 g/mol. The number of rotatable bonds is 14. The van der Waals surface area contributed by atoms with Crippen LogP contribution in [-0.2, 0) is 4.74 Å². The number of aliphatic hydroxyl groups is 1. The summed E-state index contributed by atoms with van der Waals surface area (Å²) in [5.41, 5.74) is -0.123. The molecular weight excluding hydrogens is 250 g/mol. The molecule has 2 atom stereocenters. The molecule has 0 fully saturated rings. The van der Waals surface area contributed by atoms with Crippen LogP contribution >= 0.6 is 0 Å². The van der Waals surface area contributed by atoms with Gasteiger partial charge in [0.05, 0.1) is 6.61 Å². The van der Waals surface area contributed by atoms with Crippen molar-refractivity contribution in [3.63, 3.8) is 0 Å². The van der Waals surface area contributed by atoms with Crippen molar-refractivity contribution in [3.05, 3.63) is 0 Å². The molecule has 0 spiro atoms. The maximum Gasteiger partial charge on any atom is 0.0610 e. The van der Waals surface area contributed by atoms with Crippen LogP contribution in [0.15, 0.2) is 0 Å². The molecule has 0 aromatic heterocycles. The van der Waals surface area contributed by atoms with Crippen LogP contribution in [-0.4, -0.2) is 37.0 Å². The summed E-state index contributed by atoms with van der Waals surface area (Å²) in [5, 5.41) is 12.8. The minimum Gasteiger partial charge on any atom is -0.394 e. The van der Waals surface area contributed by atoms with E-state index in [1.54, 1.807) is 0 Å². The van der Waals surface area contributed by atoms with Crippen molar-refractivity contribution in [2.75, 3.05) is 26.4 Å². The Labute approximate surface area is 126 Å². The predicted molar refractivity (Wildman–Crippen MR) is 87.1 cm³/mol.